The van der Waals surface area contributed by atoms with Gasteiger partial charge in [0, 0.05) is 43.0 Å². The Hall–Kier alpha value is -3.47. The molecule has 4 atom stereocenters. The Bertz CT molecular complexity index is 1180. The summed E-state index contributed by atoms with van der Waals surface area (Å²) in [6.07, 6.45) is 5.61. The van der Waals surface area contributed by atoms with Crippen molar-refractivity contribution >= 4 is 24.3 Å². The first-order valence-corrected chi connectivity index (χ1v) is 12.3. The highest BCUT2D eigenvalue weighted by molar-refractivity contribution is 5.85. The Kier molecular flexibility index (Phi) is 13.4. The van der Waals surface area contributed by atoms with Gasteiger partial charge >= 0.3 is 0 Å². The van der Waals surface area contributed by atoms with Gasteiger partial charge in [-0.05, 0) is 17.5 Å². The summed E-state index contributed by atoms with van der Waals surface area (Å²) in [5.74, 6) is 7.07. The third-order valence-electron chi connectivity index (χ3n) is 6.09. The summed E-state index contributed by atoms with van der Waals surface area (Å²) in [7, 11) is 1.39. The van der Waals surface area contributed by atoms with Crippen LogP contribution in [0.25, 0.3) is 11.3 Å². The van der Waals surface area contributed by atoms with E-state index in [4.69, 9.17) is 10.7 Å². The number of benzene rings is 2. The first kappa shape index (κ1) is 31.7. The number of aliphatic hydroxyl groups is 1. The van der Waals surface area contributed by atoms with E-state index in [1.165, 1.54) is 18.2 Å². The number of aromatic nitrogens is 2. The van der Waals surface area contributed by atoms with Crippen molar-refractivity contribution < 1.29 is 19.5 Å². The van der Waals surface area contributed by atoms with Crippen LogP contribution >= 0.6 is 12.4 Å². The number of carbonyl (C=O) groups excluding carboxylic acids is 2. The first-order valence-electron chi connectivity index (χ1n) is 12.3. The lowest BCUT2D eigenvalue weighted by molar-refractivity contribution is -0.129. The van der Waals surface area contributed by atoms with Crippen molar-refractivity contribution in [1.82, 2.24) is 25.8 Å². The number of rotatable bonds is 14. The van der Waals surface area contributed by atoms with Crippen molar-refractivity contribution in [3.63, 3.8) is 0 Å². The van der Waals surface area contributed by atoms with Gasteiger partial charge in [0.2, 0.25) is 5.91 Å². The zero-order valence-electron chi connectivity index (χ0n) is 21.9. The molecule has 0 aliphatic rings. The highest BCUT2D eigenvalue weighted by Crippen LogP contribution is 2.17. The van der Waals surface area contributed by atoms with Crippen LogP contribution in [0.15, 0.2) is 79.3 Å². The molecule has 10 nitrogen and oxygen atoms in total. The smallest absolute Gasteiger partial charge is 0.240 e. The summed E-state index contributed by atoms with van der Waals surface area (Å²) in [6, 6.07) is 15.8. The standard InChI is InChI=1S/C28H34N6O4.ClH/c1-20(12-15-35)27(33-38-2)28(37)32-24(16-21-6-4-3-5-7-21)26(36)19-34(29)18-22-8-10-23(11-9-22)25-17-30-13-14-31-25;/h3-14,17,20,24,26-27,33,36H,16,18-19,29H2,1-2H3,(H,32,37);1H/t20?,24-,26-,27-;/m0./s1. The number of amides is 1. The van der Waals surface area contributed by atoms with Crippen molar-refractivity contribution in [3.05, 3.63) is 90.4 Å². The number of nitrogens with two attached hydrogens (primary N) is 1. The predicted molar refractivity (Wildman–Crippen MR) is 151 cm³/mol. The van der Waals surface area contributed by atoms with E-state index in [9.17, 15) is 14.7 Å². The number of hydroxylamine groups is 1. The number of hydrogen-bond acceptors (Lipinski definition) is 9. The van der Waals surface area contributed by atoms with Gasteiger partial charge in [-0.25, -0.2) is 9.80 Å². The van der Waals surface area contributed by atoms with Crippen LogP contribution in [-0.4, -0.2) is 63.8 Å². The van der Waals surface area contributed by atoms with Crippen molar-refractivity contribution in [1.29, 1.82) is 0 Å². The molecular formula is C28H35ClN6O4. The van der Waals surface area contributed by atoms with Crippen LogP contribution in [-0.2, 0) is 27.4 Å². The molecule has 11 heteroatoms. The van der Waals surface area contributed by atoms with Gasteiger partial charge in [0.15, 0.2) is 0 Å². The molecule has 0 fully saturated rings. The number of nitrogens with zero attached hydrogens (tertiary/aromatic N) is 3. The minimum atomic E-state index is -0.983. The number of hydrogen-bond donors (Lipinski definition) is 4. The maximum Gasteiger partial charge on any atom is 0.240 e. The normalized spacial score (nSPS) is 13.9. The maximum absolute atomic E-state index is 13.1. The third kappa shape index (κ3) is 9.97. The molecule has 5 N–H and O–H groups in total. The molecule has 0 bridgehead atoms. The fourth-order valence-corrected chi connectivity index (χ4v) is 4.05. The zero-order chi connectivity index (χ0) is 27.3. The Labute approximate surface area is 234 Å². The number of halogens is 1. The molecule has 3 rings (SSSR count). The van der Waals surface area contributed by atoms with Gasteiger partial charge in [0.05, 0.1) is 31.1 Å². The summed E-state index contributed by atoms with van der Waals surface area (Å²) in [5.41, 5.74) is 6.23. The van der Waals surface area contributed by atoms with Crippen molar-refractivity contribution in [2.75, 3.05) is 13.7 Å². The highest BCUT2D eigenvalue weighted by atomic mass is 35.5. The second-order valence-corrected chi connectivity index (χ2v) is 9.03. The molecule has 0 radical (unpaired) electrons. The lowest BCUT2D eigenvalue weighted by Crippen LogP contribution is -2.56. The Morgan fingerprint density at radius 3 is 2.49 bits per heavy atom. The molecule has 2 aromatic carbocycles. The number of nitrogens with one attached hydrogen (secondary N) is 2. The molecule has 0 saturated carbocycles. The minimum Gasteiger partial charge on any atom is -0.390 e. The number of aliphatic hydroxyl groups excluding tert-OH is 1. The van der Waals surface area contributed by atoms with E-state index < -0.39 is 30.0 Å². The molecule has 39 heavy (non-hydrogen) atoms. The van der Waals surface area contributed by atoms with E-state index >= 15 is 0 Å². The largest absolute Gasteiger partial charge is 0.390 e. The van der Waals surface area contributed by atoms with E-state index in [0.717, 1.165) is 22.4 Å². The molecule has 0 aliphatic heterocycles. The molecule has 0 aliphatic carbocycles. The maximum atomic E-state index is 13.1. The molecule has 208 valence electrons. The fourth-order valence-electron chi connectivity index (χ4n) is 4.05. The lowest BCUT2D eigenvalue weighted by Gasteiger charge is -2.30. The van der Waals surface area contributed by atoms with Crippen LogP contribution in [0.5, 0.6) is 0 Å². The SMILES string of the molecule is CON[C@H](C(=O)N[C@@H](Cc1ccccc1)[C@@H](O)CN(N)Cc1ccc(-c2cnccn2)cc1)C(C)C=C=O.Cl. The van der Waals surface area contributed by atoms with Gasteiger partial charge < -0.3 is 15.3 Å². The van der Waals surface area contributed by atoms with E-state index in [-0.39, 0.29) is 19.0 Å². The van der Waals surface area contributed by atoms with Crippen LogP contribution < -0.4 is 16.6 Å². The predicted octanol–water partition coefficient (Wildman–Crippen LogP) is 1.87. The van der Waals surface area contributed by atoms with Crippen LogP contribution in [0.3, 0.4) is 0 Å². The summed E-state index contributed by atoms with van der Waals surface area (Å²) in [6.45, 7) is 2.19. The molecule has 1 amide bonds. The van der Waals surface area contributed by atoms with Crippen LogP contribution in [0.1, 0.15) is 18.1 Å². The van der Waals surface area contributed by atoms with E-state index in [0.29, 0.717) is 13.0 Å². The van der Waals surface area contributed by atoms with Crippen molar-refractivity contribution in [3.8, 4) is 11.3 Å². The summed E-state index contributed by atoms with van der Waals surface area (Å²) in [4.78, 5) is 37.3. The quantitative estimate of drug-likeness (QED) is 0.133. The van der Waals surface area contributed by atoms with E-state index in [1.54, 1.807) is 31.5 Å². The molecule has 3 aromatic rings. The second kappa shape index (κ2) is 16.5. The van der Waals surface area contributed by atoms with Gasteiger partial charge in [0.1, 0.15) is 12.0 Å². The minimum absolute atomic E-state index is 0. The summed E-state index contributed by atoms with van der Waals surface area (Å²) < 4.78 is 0. The van der Waals surface area contributed by atoms with Gasteiger partial charge in [-0.1, -0.05) is 61.5 Å². The number of hydrazine groups is 1. The Balaban J connectivity index is 0.00000533. The average Bonchev–Trinajstić information content (AvgIpc) is 2.92. The Morgan fingerprint density at radius 2 is 1.87 bits per heavy atom. The number of carbonyl (C=O) groups is 1. The molecular weight excluding hydrogens is 520 g/mol. The van der Waals surface area contributed by atoms with E-state index in [2.05, 4.69) is 20.8 Å². The van der Waals surface area contributed by atoms with Gasteiger partial charge in [0.25, 0.3) is 0 Å². The van der Waals surface area contributed by atoms with Crippen molar-refractivity contribution in [2.24, 2.45) is 11.8 Å². The van der Waals surface area contributed by atoms with E-state index in [1.807, 2.05) is 54.6 Å². The second-order valence-electron chi connectivity index (χ2n) is 9.03. The van der Waals surface area contributed by atoms with Gasteiger partial charge in [-0.15, -0.1) is 12.4 Å². The average molecular weight is 555 g/mol. The van der Waals surface area contributed by atoms with Crippen molar-refractivity contribution in [2.45, 2.75) is 38.1 Å². The summed E-state index contributed by atoms with van der Waals surface area (Å²) in [5, 5.41) is 15.6. The third-order valence-corrected chi connectivity index (χ3v) is 6.09. The highest BCUT2D eigenvalue weighted by Gasteiger charge is 2.29. The molecule has 0 spiro atoms. The van der Waals surface area contributed by atoms with Crippen LogP contribution in [0.2, 0.25) is 0 Å². The molecule has 0 saturated heterocycles. The monoisotopic (exact) mass is 554 g/mol. The zero-order valence-corrected chi connectivity index (χ0v) is 22.8. The topological polar surface area (TPSA) is 143 Å². The first-order chi connectivity index (χ1) is 18.4. The molecule has 1 aromatic heterocycles. The fraction of sp³-hybridized carbons (Fsp3) is 0.321. The molecule has 1 heterocycles. The van der Waals surface area contributed by atoms with Crippen LogP contribution in [0, 0.1) is 5.92 Å². The van der Waals surface area contributed by atoms with Crippen LogP contribution in [0.4, 0.5) is 0 Å². The lowest BCUT2D eigenvalue weighted by atomic mass is 9.98. The summed E-state index contributed by atoms with van der Waals surface area (Å²) >= 11 is 0. The van der Waals surface area contributed by atoms with Gasteiger partial charge in [-0.3, -0.25) is 20.6 Å². The molecule has 1 unspecified atom stereocenters. The Morgan fingerprint density at radius 1 is 1.15 bits per heavy atom. The van der Waals surface area contributed by atoms with Gasteiger partial charge in [-0.2, -0.15) is 5.48 Å².